The molecule has 0 aromatic carbocycles. The standard InChI is InChI=1S/C8H5ClN4S/c9-6-4-7(13-5-12-6)14-8-10-2-1-3-11-8/h1-5H. The molecule has 2 aromatic heterocycles. The zero-order valence-corrected chi connectivity index (χ0v) is 8.53. The molecule has 2 heterocycles. The van der Waals surface area contributed by atoms with Gasteiger partial charge in [0.1, 0.15) is 16.5 Å². The summed E-state index contributed by atoms with van der Waals surface area (Å²) in [5, 5.41) is 1.79. The maximum Gasteiger partial charge on any atom is 0.193 e. The number of aromatic nitrogens is 4. The number of hydrogen-bond acceptors (Lipinski definition) is 5. The van der Waals surface area contributed by atoms with Crippen LogP contribution in [0.3, 0.4) is 0 Å². The molecule has 0 fully saturated rings. The van der Waals surface area contributed by atoms with Crippen molar-refractivity contribution in [3.8, 4) is 0 Å². The van der Waals surface area contributed by atoms with Gasteiger partial charge in [0, 0.05) is 18.5 Å². The van der Waals surface area contributed by atoms with Crippen LogP contribution in [0.4, 0.5) is 0 Å². The summed E-state index contributed by atoms with van der Waals surface area (Å²) in [7, 11) is 0. The third kappa shape index (κ3) is 2.40. The molecule has 0 unspecified atom stereocenters. The van der Waals surface area contributed by atoms with Crippen molar-refractivity contribution in [2.24, 2.45) is 0 Å². The van der Waals surface area contributed by atoms with Crippen LogP contribution in [0.1, 0.15) is 0 Å². The van der Waals surface area contributed by atoms with E-state index in [0.29, 0.717) is 10.3 Å². The van der Waals surface area contributed by atoms with Crippen LogP contribution in [0.25, 0.3) is 0 Å². The summed E-state index contributed by atoms with van der Waals surface area (Å²) < 4.78 is 0. The minimum atomic E-state index is 0.415. The molecule has 0 N–H and O–H groups in total. The summed E-state index contributed by atoms with van der Waals surface area (Å²) in [5.74, 6) is 0. The predicted octanol–water partition coefficient (Wildman–Crippen LogP) is 2.07. The van der Waals surface area contributed by atoms with Crippen molar-refractivity contribution in [1.29, 1.82) is 0 Å². The Balaban J connectivity index is 2.19. The molecule has 0 spiro atoms. The third-order valence-electron chi connectivity index (χ3n) is 1.35. The van der Waals surface area contributed by atoms with E-state index in [-0.39, 0.29) is 0 Å². The van der Waals surface area contributed by atoms with Crippen LogP contribution < -0.4 is 0 Å². The zero-order chi connectivity index (χ0) is 9.80. The molecule has 70 valence electrons. The van der Waals surface area contributed by atoms with E-state index in [9.17, 15) is 0 Å². The van der Waals surface area contributed by atoms with E-state index in [1.165, 1.54) is 18.1 Å². The van der Waals surface area contributed by atoms with Crippen LogP contribution in [-0.2, 0) is 0 Å². The average molecular weight is 225 g/mol. The molecular formula is C8H5ClN4S. The van der Waals surface area contributed by atoms with Gasteiger partial charge in [-0.15, -0.1) is 0 Å². The van der Waals surface area contributed by atoms with Crippen molar-refractivity contribution in [2.45, 2.75) is 10.2 Å². The summed E-state index contributed by atoms with van der Waals surface area (Å²) in [6.07, 6.45) is 4.77. The Morgan fingerprint density at radius 3 is 2.57 bits per heavy atom. The fourth-order valence-corrected chi connectivity index (χ4v) is 1.70. The van der Waals surface area contributed by atoms with Gasteiger partial charge in [0.15, 0.2) is 5.16 Å². The SMILES string of the molecule is Clc1cc(Sc2ncccn2)ncn1. The monoisotopic (exact) mass is 224 g/mol. The van der Waals surface area contributed by atoms with Gasteiger partial charge in [-0.25, -0.2) is 19.9 Å². The van der Waals surface area contributed by atoms with Crippen molar-refractivity contribution in [1.82, 2.24) is 19.9 Å². The van der Waals surface area contributed by atoms with Gasteiger partial charge in [-0.2, -0.15) is 0 Å². The molecule has 0 bridgehead atoms. The van der Waals surface area contributed by atoms with Gasteiger partial charge in [0.05, 0.1) is 0 Å². The van der Waals surface area contributed by atoms with Gasteiger partial charge in [0.25, 0.3) is 0 Å². The van der Waals surface area contributed by atoms with Gasteiger partial charge < -0.3 is 0 Å². The van der Waals surface area contributed by atoms with Gasteiger partial charge in [-0.1, -0.05) is 11.6 Å². The quantitative estimate of drug-likeness (QED) is 0.578. The first-order chi connectivity index (χ1) is 6.84. The number of hydrogen-bond donors (Lipinski definition) is 0. The molecule has 0 aliphatic heterocycles. The Morgan fingerprint density at radius 1 is 1.07 bits per heavy atom. The summed E-state index contributed by atoms with van der Waals surface area (Å²) in [5.41, 5.74) is 0. The van der Waals surface area contributed by atoms with E-state index in [1.54, 1.807) is 24.5 Å². The molecule has 4 nitrogen and oxygen atoms in total. The fraction of sp³-hybridized carbons (Fsp3) is 0. The fourth-order valence-electron chi connectivity index (χ4n) is 0.805. The lowest BCUT2D eigenvalue weighted by Gasteiger charge is -1.97. The van der Waals surface area contributed by atoms with Crippen LogP contribution >= 0.6 is 23.4 Å². The number of rotatable bonds is 2. The van der Waals surface area contributed by atoms with Crippen molar-refractivity contribution < 1.29 is 0 Å². The van der Waals surface area contributed by atoms with Crippen molar-refractivity contribution >= 4 is 23.4 Å². The lowest BCUT2D eigenvalue weighted by Crippen LogP contribution is -1.86. The highest BCUT2D eigenvalue weighted by Gasteiger charge is 2.01. The maximum absolute atomic E-state index is 5.71. The highest BCUT2D eigenvalue weighted by molar-refractivity contribution is 7.99. The lowest BCUT2D eigenvalue weighted by molar-refractivity contribution is 0.955. The summed E-state index contributed by atoms with van der Waals surface area (Å²) in [4.78, 5) is 15.9. The predicted molar refractivity (Wildman–Crippen MR) is 53.2 cm³/mol. The zero-order valence-electron chi connectivity index (χ0n) is 6.96. The smallest absolute Gasteiger partial charge is 0.193 e. The highest BCUT2D eigenvalue weighted by Crippen LogP contribution is 2.22. The van der Waals surface area contributed by atoms with Crippen LogP contribution in [0.5, 0.6) is 0 Å². The number of nitrogens with zero attached hydrogens (tertiary/aromatic N) is 4. The topological polar surface area (TPSA) is 51.6 Å². The highest BCUT2D eigenvalue weighted by atomic mass is 35.5. The van der Waals surface area contributed by atoms with E-state index < -0.39 is 0 Å². The molecule has 6 heteroatoms. The molecule has 0 saturated heterocycles. The van der Waals surface area contributed by atoms with Crippen LogP contribution in [0.2, 0.25) is 5.15 Å². The molecule has 0 aliphatic rings. The van der Waals surface area contributed by atoms with Gasteiger partial charge >= 0.3 is 0 Å². The third-order valence-corrected chi connectivity index (χ3v) is 2.38. The van der Waals surface area contributed by atoms with Gasteiger partial charge in [0.2, 0.25) is 0 Å². The van der Waals surface area contributed by atoms with Gasteiger partial charge in [-0.3, -0.25) is 0 Å². The van der Waals surface area contributed by atoms with E-state index in [1.807, 2.05) is 0 Å². The van der Waals surface area contributed by atoms with E-state index in [2.05, 4.69) is 19.9 Å². The normalized spacial score (nSPS) is 10.1. The molecule has 0 radical (unpaired) electrons. The Labute approximate surface area is 89.8 Å². The second-order valence-corrected chi connectivity index (χ2v) is 3.69. The first-order valence-corrected chi connectivity index (χ1v) is 4.96. The van der Waals surface area contributed by atoms with Crippen LogP contribution in [-0.4, -0.2) is 19.9 Å². The maximum atomic E-state index is 5.71. The van der Waals surface area contributed by atoms with Crippen molar-refractivity contribution in [3.05, 3.63) is 36.0 Å². The van der Waals surface area contributed by atoms with E-state index in [0.717, 1.165) is 5.03 Å². The molecular weight excluding hydrogens is 220 g/mol. The molecule has 2 rings (SSSR count). The lowest BCUT2D eigenvalue weighted by atomic mass is 10.7. The van der Waals surface area contributed by atoms with Crippen LogP contribution in [0, 0.1) is 0 Å². The molecule has 0 amide bonds. The van der Waals surface area contributed by atoms with Gasteiger partial charge in [-0.05, 0) is 17.8 Å². The Bertz CT molecular complexity index is 423. The summed E-state index contributed by atoms with van der Waals surface area (Å²) >= 11 is 7.05. The Morgan fingerprint density at radius 2 is 1.86 bits per heavy atom. The van der Waals surface area contributed by atoms with Crippen molar-refractivity contribution in [3.63, 3.8) is 0 Å². The molecule has 2 aromatic rings. The molecule has 0 saturated carbocycles. The first kappa shape index (κ1) is 9.36. The van der Waals surface area contributed by atoms with Crippen LogP contribution in [0.15, 0.2) is 41.0 Å². The Hall–Kier alpha value is -1.20. The summed E-state index contributed by atoms with van der Waals surface area (Å²) in [6.45, 7) is 0. The first-order valence-electron chi connectivity index (χ1n) is 3.77. The molecule has 14 heavy (non-hydrogen) atoms. The second kappa shape index (κ2) is 4.34. The molecule has 0 aliphatic carbocycles. The number of halogens is 1. The molecule has 0 atom stereocenters. The van der Waals surface area contributed by atoms with E-state index in [4.69, 9.17) is 11.6 Å². The summed E-state index contributed by atoms with van der Waals surface area (Å²) in [6, 6.07) is 3.43. The minimum absolute atomic E-state index is 0.415. The Kier molecular flexibility index (Phi) is 2.90. The largest absolute Gasteiger partial charge is 0.231 e. The van der Waals surface area contributed by atoms with Crippen molar-refractivity contribution in [2.75, 3.05) is 0 Å². The van der Waals surface area contributed by atoms with E-state index >= 15 is 0 Å². The average Bonchev–Trinajstić information content (AvgIpc) is 2.19. The minimum Gasteiger partial charge on any atom is -0.231 e. The second-order valence-electron chi connectivity index (χ2n) is 2.31.